The van der Waals surface area contributed by atoms with E-state index in [1.54, 1.807) is 0 Å². The van der Waals surface area contributed by atoms with Crippen molar-refractivity contribution in [1.82, 2.24) is 4.31 Å². The van der Waals surface area contributed by atoms with Gasteiger partial charge in [0.15, 0.2) is 0 Å². The quantitative estimate of drug-likeness (QED) is 0.852. The Hall–Kier alpha value is -1.81. The standard InChI is InChI=1S/C11H12F3NO5S/c1-20-8-3-2-4-9(5-8)21(18,19)15(6-10(16)17)7-11(12,13)14/h2-5H,6-7H2,1H3,(H,16,17). The van der Waals surface area contributed by atoms with Gasteiger partial charge in [0.25, 0.3) is 0 Å². The lowest BCUT2D eigenvalue weighted by atomic mass is 10.3. The first-order chi connectivity index (χ1) is 9.56. The third-order valence-corrected chi connectivity index (χ3v) is 4.13. The van der Waals surface area contributed by atoms with Crippen LogP contribution in [0.3, 0.4) is 0 Å². The number of sulfonamides is 1. The van der Waals surface area contributed by atoms with Crippen LogP contribution in [0.15, 0.2) is 29.2 Å². The number of hydrogen-bond acceptors (Lipinski definition) is 4. The topological polar surface area (TPSA) is 83.9 Å². The van der Waals surface area contributed by atoms with Gasteiger partial charge in [-0.05, 0) is 12.1 Å². The Balaban J connectivity index is 3.22. The van der Waals surface area contributed by atoms with Gasteiger partial charge >= 0.3 is 12.1 Å². The summed E-state index contributed by atoms with van der Waals surface area (Å²) in [5, 5.41) is 8.59. The first-order valence-corrected chi connectivity index (χ1v) is 6.93. The maximum Gasteiger partial charge on any atom is 0.402 e. The van der Waals surface area contributed by atoms with E-state index in [0.717, 1.165) is 12.1 Å². The van der Waals surface area contributed by atoms with Crippen LogP contribution in [-0.4, -0.2) is 50.2 Å². The molecule has 0 saturated heterocycles. The van der Waals surface area contributed by atoms with Crippen molar-refractivity contribution in [3.8, 4) is 5.75 Å². The fraction of sp³-hybridized carbons (Fsp3) is 0.364. The molecular weight excluding hydrogens is 315 g/mol. The Morgan fingerprint density at radius 1 is 1.38 bits per heavy atom. The molecule has 0 atom stereocenters. The van der Waals surface area contributed by atoms with E-state index in [4.69, 9.17) is 9.84 Å². The van der Waals surface area contributed by atoms with Crippen molar-refractivity contribution in [2.24, 2.45) is 0 Å². The van der Waals surface area contributed by atoms with E-state index >= 15 is 0 Å². The van der Waals surface area contributed by atoms with Crippen molar-refractivity contribution in [1.29, 1.82) is 0 Å². The third-order valence-electron chi connectivity index (χ3n) is 2.35. The van der Waals surface area contributed by atoms with Crippen LogP contribution in [-0.2, 0) is 14.8 Å². The number of ether oxygens (including phenoxy) is 1. The molecule has 1 aromatic rings. The van der Waals surface area contributed by atoms with Crippen molar-refractivity contribution >= 4 is 16.0 Å². The monoisotopic (exact) mass is 327 g/mol. The van der Waals surface area contributed by atoms with Crippen molar-refractivity contribution in [3.63, 3.8) is 0 Å². The number of carbonyl (C=O) groups is 1. The Bertz CT molecular complexity index is 615. The van der Waals surface area contributed by atoms with Crippen LogP contribution >= 0.6 is 0 Å². The SMILES string of the molecule is COc1cccc(S(=O)(=O)N(CC(=O)O)CC(F)(F)F)c1. The van der Waals surface area contributed by atoms with Gasteiger partial charge in [0, 0.05) is 6.07 Å². The molecule has 0 saturated carbocycles. The summed E-state index contributed by atoms with van der Waals surface area (Å²) in [5.41, 5.74) is 0. The number of hydrogen-bond donors (Lipinski definition) is 1. The summed E-state index contributed by atoms with van der Waals surface area (Å²) in [7, 11) is -3.35. The molecule has 1 rings (SSSR count). The number of benzene rings is 1. The number of methoxy groups -OCH3 is 1. The van der Waals surface area contributed by atoms with Gasteiger partial charge in [-0.3, -0.25) is 4.79 Å². The Kier molecular flexibility index (Phi) is 5.18. The Morgan fingerprint density at radius 2 is 2.00 bits per heavy atom. The van der Waals surface area contributed by atoms with Gasteiger partial charge in [-0.25, -0.2) is 8.42 Å². The second-order valence-corrected chi connectivity index (χ2v) is 5.90. The van der Waals surface area contributed by atoms with Gasteiger partial charge in [-0.1, -0.05) is 6.07 Å². The molecule has 6 nitrogen and oxygen atoms in total. The van der Waals surface area contributed by atoms with Crippen molar-refractivity contribution in [2.45, 2.75) is 11.1 Å². The molecule has 0 unspecified atom stereocenters. The number of carboxylic acid groups (broad SMARTS) is 1. The number of halogens is 3. The van der Waals surface area contributed by atoms with Gasteiger partial charge in [0.2, 0.25) is 10.0 Å². The van der Waals surface area contributed by atoms with Gasteiger partial charge in [0.05, 0.1) is 12.0 Å². The molecule has 0 aliphatic heterocycles. The lowest BCUT2D eigenvalue weighted by Gasteiger charge is -2.21. The molecule has 1 N–H and O–H groups in total. The highest BCUT2D eigenvalue weighted by atomic mass is 32.2. The Labute approximate surface area is 118 Å². The zero-order chi connectivity index (χ0) is 16.3. The fourth-order valence-electron chi connectivity index (χ4n) is 1.49. The van der Waals surface area contributed by atoms with Gasteiger partial charge in [-0.15, -0.1) is 0 Å². The highest BCUT2D eigenvalue weighted by Gasteiger charge is 2.38. The predicted octanol–water partition coefficient (Wildman–Crippen LogP) is 1.33. The number of carboxylic acids is 1. The fourth-order valence-corrected chi connectivity index (χ4v) is 2.90. The summed E-state index contributed by atoms with van der Waals surface area (Å²) in [5.74, 6) is -1.57. The molecule has 0 fully saturated rings. The first kappa shape index (κ1) is 17.2. The van der Waals surface area contributed by atoms with Crippen LogP contribution < -0.4 is 4.74 Å². The molecule has 1 aromatic carbocycles. The van der Waals surface area contributed by atoms with Crippen molar-refractivity contribution < 1.29 is 36.2 Å². The van der Waals surface area contributed by atoms with Crippen LogP contribution in [0.25, 0.3) is 0 Å². The molecule has 0 spiro atoms. The highest BCUT2D eigenvalue weighted by molar-refractivity contribution is 7.89. The maximum absolute atomic E-state index is 12.4. The van der Waals surface area contributed by atoms with Crippen molar-refractivity contribution in [3.05, 3.63) is 24.3 Å². The highest BCUT2D eigenvalue weighted by Crippen LogP contribution is 2.24. The van der Waals surface area contributed by atoms with E-state index in [1.165, 1.54) is 19.2 Å². The summed E-state index contributed by atoms with van der Waals surface area (Å²) < 4.78 is 66.2. The minimum Gasteiger partial charge on any atom is -0.497 e. The molecule has 0 heterocycles. The third kappa shape index (κ3) is 4.90. The maximum atomic E-state index is 12.4. The van der Waals surface area contributed by atoms with E-state index in [2.05, 4.69) is 0 Å². The number of rotatable bonds is 6. The largest absolute Gasteiger partial charge is 0.497 e. The zero-order valence-corrected chi connectivity index (χ0v) is 11.6. The normalized spacial score (nSPS) is 12.4. The Morgan fingerprint density at radius 3 is 2.48 bits per heavy atom. The molecule has 10 heteroatoms. The van der Waals surface area contributed by atoms with Crippen LogP contribution in [0.1, 0.15) is 0 Å². The van der Waals surface area contributed by atoms with Gasteiger partial charge in [-0.2, -0.15) is 17.5 Å². The second-order valence-electron chi connectivity index (χ2n) is 3.96. The molecule has 0 bridgehead atoms. The molecule has 0 amide bonds. The predicted molar refractivity (Wildman–Crippen MR) is 65.4 cm³/mol. The van der Waals surface area contributed by atoms with Crippen LogP contribution in [0.4, 0.5) is 13.2 Å². The summed E-state index contributed by atoms with van der Waals surface area (Å²) in [4.78, 5) is 10.1. The second kappa shape index (κ2) is 6.31. The van der Waals surface area contributed by atoms with E-state index in [-0.39, 0.29) is 10.1 Å². The summed E-state index contributed by atoms with van der Waals surface area (Å²) in [6, 6.07) is 4.76. The van der Waals surface area contributed by atoms with Crippen LogP contribution in [0, 0.1) is 0 Å². The lowest BCUT2D eigenvalue weighted by molar-refractivity contribution is -0.146. The van der Waals surface area contributed by atoms with Crippen LogP contribution in [0.5, 0.6) is 5.75 Å². The molecule has 21 heavy (non-hydrogen) atoms. The lowest BCUT2D eigenvalue weighted by Crippen LogP contribution is -2.41. The molecule has 0 aromatic heterocycles. The molecule has 0 radical (unpaired) electrons. The zero-order valence-electron chi connectivity index (χ0n) is 10.8. The number of aliphatic carboxylic acids is 1. The molecule has 118 valence electrons. The average molecular weight is 327 g/mol. The minimum absolute atomic E-state index is 0.123. The number of nitrogens with zero attached hydrogens (tertiary/aromatic N) is 1. The van der Waals surface area contributed by atoms with Crippen LogP contribution in [0.2, 0.25) is 0 Å². The first-order valence-electron chi connectivity index (χ1n) is 5.49. The van der Waals surface area contributed by atoms with E-state index in [1.807, 2.05) is 0 Å². The minimum atomic E-state index is -4.86. The van der Waals surface area contributed by atoms with Gasteiger partial charge in [0.1, 0.15) is 18.8 Å². The summed E-state index contributed by atoms with van der Waals surface area (Å²) in [6.45, 7) is -3.18. The van der Waals surface area contributed by atoms with Crippen molar-refractivity contribution in [2.75, 3.05) is 20.2 Å². The van der Waals surface area contributed by atoms with E-state index in [9.17, 15) is 26.4 Å². The number of alkyl halides is 3. The van der Waals surface area contributed by atoms with E-state index < -0.39 is 40.2 Å². The molecule has 0 aliphatic carbocycles. The summed E-state index contributed by atoms with van der Waals surface area (Å²) in [6.07, 6.45) is -4.86. The van der Waals surface area contributed by atoms with E-state index in [0.29, 0.717) is 0 Å². The molecular formula is C11H12F3NO5S. The van der Waals surface area contributed by atoms with Gasteiger partial charge < -0.3 is 9.84 Å². The average Bonchev–Trinajstić information content (AvgIpc) is 2.36. The smallest absolute Gasteiger partial charge is 0.402 e. The summed E-state index contributed by atoms with van der Waals surface area (Å²) >= 11 is 0. The molecule has 0 aliphatic rings.